The van der Waals surface area contributed by atoms with E-state index in [9.17, 15) is 4.79 Å². The third kappa shape index (κ3) is 3.53. The van der Waals surface area contributed by atoms with Crippen molar-refractivity contribution >= 4 is 22.8 Å². The molecule has 0 radical (unpaired) electrons. The van der Waals surface area contributed by atoms with Gasteiger partial charge in [-0.25, -0.2) is 14.3 Å². The highest BCUT2D eigenvalue weighted by Gasteiger charge is 2.29. The quantitative estimate of drug-likeness (QED) is 0.871. The van der Waals surface area contributed by atoms with Crippen LogP contribution in [0.4, 0.5) is 10.5 Å². The van der Waals surface area contributed by atoms with E-state index in [2.05, 4.69) is 29.7 Å². The molecule has 4 rings (SSSR count). The molecule has 0 aliphatic carbocycles. The second-order valence-electron chi connectivity index (χ2n) is 7.99. The van der Waals surface area contributed by atoms with E-state index in [1.807, 2.05) is 12.1 Å². The van der Waals surface area contributed by atoms with Crippen molar-refractivity contribution in [2.24, 2.45) is 11.7 Å². The van der Waals surface area contributed by atoms with E-state index in [4.69, 9.17) is 15.5 Å². The van der Waals surface area contributed by atoms with Crippen LogP contribution in [0, 0.1) is 5.92 Å². The number of piperazine rings is 1. The summed E-state index contributed by atoms with van der Waals surface area (Å²) in [5.41, 5.74) is 8.48. The molecule has 1 amide bonds. The summed E-state index contributed by atoms with van der Waals surface area (Å²) in [7, 11) is 0. The van der Waals surface area contributed by atoms with Crippen molar-refractivity contribution in [2.45, 2.75) is 32.7 Å². The topological polar surface area (TPSA) is 76.6 Å². The predicted molar refractivity (Wildman–Crippen MR) is 106 cm³/mol. The van der Waals surface area contributed by atoms with E-state index >= 15 is 0 Å². The standard InChI is InChI=1S/C20H29N5O2/c1-14(2)6-7-18-22-19-16(4-3-5-17(19)25(18)20(21)26)24-10-8-23(9-11-24)15-12-27-13-15/h3-5,14-15H,6-13H2,1-2H3,(H2,21,26). The molecule has 2 fully saturated rings. The summed E-state index contributed by atoms with van der Waals surface area (Å²) in [5.74, 6) is 1.32. The van der Waals surface area contributed by atoms with Gasteiger partial charge in [0.05, 0.1) is 30.5 Å². The Morgan fingerprint density at radius 1 is 1.26 bits per heavy atom. The molecule has 2 N–H and O–H groups in total. The Hall–Kier alpha value is -2.12. The Morgan fingerprint density at radius 3 is 2.59 bits per heavy atom. The van der Waals surface area contributed by atoms with Gasteiger partial charge in [0.2, 0.25) is 0 Å². The first-order valence-corrected chi connectivity index (χ1v) is 9.91. The second kappa shape index (κ2) is 7.48. The van der Waals surface area contributed by atoms with Crippen LogP contribution in [0.3, 0.4) is 0 Å². The van der Waals surface area contributed by atoms with E-state index in [-0.39, 0.29) is 0 Å². The van der Waals surface area contributed by atoms with Crippen LogP contribution >= 0.6 is 0 Å². The first-order valence-electron chi connectivity index (χ1n) is 9.91. The number of benzene rings is 1. The van der Waals surface area contributed by atoms with Gasteiger partial charge in [-0.15, -0.1) is 0 Å². The van der Waals surface area contributed by atoms with Crippen molar-refractivity contribution in [1.82, 2.24) is 14.5 Å². The molecule has 2 saturated heterocycles. The largest absolute Gasteiger partial charge is 0.378 e. The lowest BCUT2D eigenvalue weighted by Crippen LogP contribution is -2.56. The average molecular weight is 371 g/mol. The molecule has 2 aliphatic heterocycles. The van der Waals surface area contributed by atoms with E-state index in [1.54, 1.807) is 4.57 Å². The number of para-hydroxylation sites is 1. The maximum atomic E-state index is 12.1. The molecule has 0 atom stereocenters. The van der Waals surface area contributed by atoms with Crippen LogP contribution in [-0.4, -0.2) is 65.9 Å². The number of nitrogens with zero attached hydrogens (tertiary/aromatic N) is 4. The van der Waals surface area contributed by atoms with Crippen molar-refractivity contribution in [3.8, 4) is 0 Å². The monoisotopic (exact) mass is 371 g/mol. The van der Waals surface area contributed by atoms with E-state index < -0.39 is 6.03 Å². The molecular formula is C20H29N5O2. The zero-order valence-electron chi connectivity index (χ0n) is 16.2. The summed E-state index contributed by atoms with van der Waals surface area (Å²) < 4.78 is 6.91. The summed E-state index contributed by atoms with van der Waals surface area (Å²) in [6, 6.07) is 6.17. The molecule has 0 spiro atoms. The molecule has 146 valence electrons. The number of hydrogen-bond acceptors (Lipinski definition) is 5. The Labute approximate surface area is 160 Å². The molecule has 27 heavy (non-hydrogen) atoms. The van der Waals surface area contributed by atoms with Gasteiger partial charge in [-0.1, -0.05) is 19.9 Å². The van der Waals surface area contributed by atoms with Crippen LogP contribution in [0.1, 0.15) is 26.1 Å². The fourth-order valence-corrected chi connectivity index (χ4v) is 3.98. The number of amides is 1. The normalized spacial score (nSPS) is 19.0. The van der Waals surface area contributed by atoms with Gasteiger partial charge >= 0.3 is 6.03 Å². The second-order valence-corrected chi connectivity index (χ2v) is 7.99. The lowest BCUT2D eigenvalue weighted by Gasteiger charge is -2.43. The number of anilines is 1. The zero-order valence-corrected chi connectivity index (χ0v) is 16.2. The number of imidazole rings is 1. The first kappa shape index (κ1) is 18.3. The fourth-order valence-electron chi connectivity index (χ4n) is 3.98. The molecule has 2 aromatic rings. The van der Waals surface area contributed by atoms with E-state index in [1.165, 1.54) is 0 Å². The number of fused-ring (bicyclic) bond motifs is 1. The summed E-state index contributed by atoms with van der Waals surface area (Å²) in [6.45, 7) is 10.0. The highest BCUT2D eigenvalue weighted by atomic mass is 16.5. The van der Waals surface area contributed by atoms with Crippen LogP contribution in [0.15, 0.2) is 18.2 Å². The summed E-state index contributed by atoms with van der Waals surface area (Å²) in [6.07, 6.45) is 1.73. The minimum absolute atomic E-state index is 0.455. The average Bonchev–Trinajstić information content (AvgIpc) is 2.98. The molecule has 1 aromatic heterocycles. The number of rotatable bonds is 5. The summed E-state index contributed by atoms with van der Waals surface area (Å²) in [5, 5.41) is 0. The van der Waals surface area contributed by atoms with Gasteiger partial charge in [0.15, 0.2) is 0 Å². The zero-order chi connectivity index (χ0) is 19.0. The smallest absolute Gasteiger partial charge is 0.324 e. The minimum atomic E-state index is -0.455. The van der Waals surface area contributed by atoms with Crippen LogP contribution in [0.25, 0.3) is 11.0 Å². The van der Waals surface area contributed by atoms with Crippen LogP contribution in [0.5, 0.6) is 0 Å². The van der Waals surface area contributed by atoms with E-state index in [0.29, 0.717) is 12.0 Å². The van der Waals surface area contributed by atoms with Crippen LogP contribution in [-0.2, 0) is 11.2 Å². The number of primary amides is 1. The summed E-state index contributed by atoms with van der Waals surface area (Å²) in [4.78, 5) is 21.8. The van der Waals surface area contributed by atoms with Crippen molar-refractivity contribution in [2.75, 3.05) is 44.3 Å². The molecule has 7 heteroatoms. The Kier molecular flexibility index (Phi) is 5.06. The maximum Gasteiger partial charge on any atom is 0.324 e. The predicted octanol–water partition coefficient (Wildman–Crippen LogP) is 2.07. The molecule has 0 bridgehead atoms. The highest BCUT2D eigenvalue weighted by Crippen LogP contribution is 2.29. The number of aryl methyl sites for hydroxylation is 1. The van der Waals surface area contributed by atoms with E-state index in [0.717, 1.165) is 74.8 Å². The maximum absolute atomic E-state index is 12.1. The Morgan fingerprint density at radius 2 is 2.00 bits per heavy atom. The molecule has 0 unspecified atom stereocenters. The fraction of sp³-hybridized carbons (Fsp3) is 0.600. The van der Waals surface area contributed by atoms with Gasteiger partial charge in [0.1, 0.15) is 11.3 Å². The number of hydrogen-bond donors (Lipinski definition) is 1. The number of nitrogens with two attached hydrogens (primary N) is 1. The number of ether oxygens (including phenoxy) is 1. The Balaban J connectivity index is 1.61. The third-order valence-corrected chi connectivity index (χ3v) is 5.69. The molecule has 2 aliphatic rings. The van der Waals surface area contributed by atoms with Crippen LogP contribution in [0.2, 0.25) is 0 Å². The van der Waals surface area contributed by atoms with Gasteiger partial charge in [-0.3, -0.25) is 4.90 Å². The lowest BCUT2D eigenvalue weighted by molar-refractivity contribution is -0.0660. The van der Waals surface area contributed by atoms with Gasteiger partial charge in [-0.05, 0) is 24.5 Å². The van der Waals surface area contributed by atoms with Gasteiger partial charge < -0.3 is 15.4 Å². The number of carbonyl (C=O) groups excluding carboxylic acids is 1. The van der Waals surface area contributed by atoms with Crippen molar-refractivity contribution in [1.29, 1.82) is 0 Å². The molecular weight excluding hydrogens is 342 g/mol. The molecule has 7 nitrogen and oxygen atoms in total. The minimum Gasteiger partial charge on any atom is -0.378 e. The lowest BCUT2D eigenvalue weighted by atomic mass is 10.1. The SMILES string of the molecule is CC(C)CCc1nc2c(N3CCN(C4COC4)CC3)cccc2n1C(N)=O. The third-order valence-electron chi connectivity index (χ3n) is 5.69. The van der Waals surface area contributed by atoms with Crippen molar-refractivity contribution in [3.05, 3.63) is 24.0 Å². The van der Waals surface area contributed by atoms with Gasteiger partial charge in [-0.2, -0.15) is 0 Å². The summed E-state index contributed by atoms with van der Waals surface area (Å²) >= 11 is 0. The van der Waals surface area contributed by atoms with Crippen molar-refractivity contribution < 1.29 is 9.53 Å². The highest BCUT2D eigenvalue weighted by molar-refractivity contribution is 5.95. The van der Waals surface area contributed by atoms with Gasteiger partial charge in [0, 0.05) is 32.6 Å². The van der Waals surface area contributed by atoms with Crippen LogP contribution < -0.4 is 10.6 Å². The van der Waals surface area contributed by atoms with Crippen molar-refractivity contribution in [3.63, 3.8) is 0 Å². The molecule has 0 saturated carbocycles. The number of aromatic nitrogens is 2. The molecule has 1 aromatic carbocycles. The Bertz CT molecular complexity index is 819. The first-order chi connectivity index (χ1) is 13.0. The number of carbonyl (C=O) groups is 1. The van der Waals surface area contributed by atoms with Gasteiger partial charge in [0.25, 0.3) is 0 Å². The molecule has 3 heterocycles.